The molecule has 1 unspecified atom stereocenters. The molecule has 1 atom stereocenters. The summed E-state index contributed by atoms with van der Waals surface area (Å²) in [5.41, 5.74) is 7.21. The van der Waals surface area contributed by atoms with E-state index in [1.54, 1.807) is 31.6 Å². The molecule has 0 aliphatic rings. The van der Waals surface area contributed by atoms with Gasteiger partial charge in [-0.1, -0.05) is 12.1 Å². The van der Waals surface area contributed by atoms with Crippen molar-refractivity contribution in [3.05, 3.63) is 59.7 Å². The predicted octanol–water partition coefficient (Wildman–Crippen LogP) is 2.45. The lowest BCUT2D eigenvalue weighted by Crippen LogP contribution is -2.34. The lowest BCUT2D eigenvalue weighted by Gasteiger charge is -2.25. The maximum absolute atomic E-state index is 12.9. The number of benzene rings is 1. The molecular weight excluding hydrogens is 231 g/mol. The van der Waals surface area contributed by atoms with E-state index in [1.165, 1.54) is 12.1 Å². The smallest absolute Gasteiger partial charge is 0.137 e. The minimum absolute atomic E-state index is 0.279. The zero-order chi connectivity index (χ0) is 13.2. The zero-order valence-corrected chi connectivity index (χ0v) is 10.4. The van der Waals surface area contributed by atoms with Crippen molar-refractivity contribution in [2.75, 3.05) is 7.11 Å². The Balaban J connectivity index is 2.43. The molecule has 0 aliphatic heterocycles. The first-order chi connectivity index (χ1) is 8.54. The van der Waals surface area contributed by atoms with Gasteiger partial charge in [0.1, 0.15) is 11.6 Å². The van der Waals surface area contributed by atoms with Gasteiger partial charge in [0.25, 0.3) is 0 Å². The highest BCUT2D eigenvalue weighted by Crippen LogP contribution is 2.28. The summed E-state index contributed by atoms with van der Waals surface area (Å²) in [7, 11) is 1.58. The van der Waals surface area contributed by atoms with E-state index >= 15 is 0 Å². The van der Waals surface area contributed by atoms with E-state index in [4.69, 9.17) is 10.5 Å². The largest absolute Gasteiger partial charge is 0.495 e. The molecule has 94 valence electrons. The second kappa shape index (κ2) is 4.74. The van der Waals surface area contributed by atoms with Crippen LogP contribution in [-0.2, 0) is 5.54 Å². The molecular formula is C14H15FN2O. The maximum Gasteiger partial charge on any atom is 0.137 e. The summed E-state index contributed by atoms with van der Waals surface area (Å²) in [5.74, 6) is 0.365. The van der Waals surface area contributed by atoms with Crippen molar-refractivity contribution in [2.45, 2.75) is 12.5 Å². The van der Waals surface area contributed by atoms with Crippen molar-refractivity contribution >= 4 is 0 Å². The molecule has 3 nitrogen and oxygen atoms in total. The summed E-state index contributed by atoms with van der Waals surface area (Å²) >= 11 is 0. The van der Waals surface area contributed by atoms with Crippen LogP contribution in [0, 0.1) is 5.82 Å². The van der Waals surface area contributed by atoms with E-state index in [0.29, 0.717) is 5.75 Å². The summed E-state index contributed by atoms with van der Waals surface area (Å²) in [5, 5.41) is 0. The standard InChI is InChI=1S/C14H15FN2O/c1-14(16,10-3-5-12(15)6-4-10)11-7-13(18-2)9-17-8-11/h3-9H,16H2,1-2H3. The van der Waals surface area contributed by atoms with E-state index < -0.39 is 5.54 Å². The normalized spacial score (nSPS) is 14.0. The van der Waals surface area contributed by atoms with Crippen LogP contribution >= 0.6 is 0 Å². The molecule has 0 aliphatic carbocycles. The van der Waals surface area contributed by atoms with Crippen LogP contribution in [0.3, 0.4) is 0 Å². The van der Waals surface area contributed by atoms with Crippen LogP contribution in [0.15, 0.2) is 42.7 Å². The van der Waals surface area contributed by atoms with E-state index in [1.807, 2.05) is 13.0 Å². The number of aromatic nitrogens is 1. The number of halogens is 1. The molecule has 2 aromatic rings. The molecule has 1 aromatic heterocycles. The van der Waals surface area contributed by atoms with Gasteiger partial charge in [-0.15, -0.1) is 0 Å². The van der Waals surface area contributed by atoms with E-state index in [-0.39, 0.29) is 5.82 Å². The van der Waals surface area contributed by atoms with Gasteiger partial charge in [0.2, 0.25) is 0 Å². The van der Waals surface area contributed by atoms with Crippen molar-refractivity contribution in [3.63, 3.8) is 0 Å². The minimum atomic E-state index is -0.741. The summed E-state index contributed by atoms with van der Waals surface area (Å²) in [4.78, 5) is 4.09. The Labute approximate surface area is 105 Å². The Hall–Kier alpha value is -1.94. The molecule has 0 bridgehead atoms. The molecule has 0 fully saturated rings. The lowest BCUT2D eigenvalue weighted by molar-refractivity contribution is 0.410. The zero-order valence-electron chi connectivity index (χ0n) is 10.4. The van der Waals surface area contributed by atoms with E-state index in [2.05, 4.69) is 4.98 Å². The number of ether oxygens (including phenoxy) is 1. The monoisotopic (exact) mass is 246 g/mol. The fourth-order valence-corrected chi connectivity index (χ4v) is 1.78. The van der Waals surface area contributed by atoms with Crippen molar-refractivity contribution in [3.8, 4) is 5.75 Å². The summed E-state index contributed by atoms with van der Waals surface area (Å²) in [6.45, 7) is 1.86. The molecule has 4 heteroatoms. The SMILES string of the molecule is COc1cncc(C(C)(N)c2ccc(F)cc2)c1. The lowest BCUT2D eigenvalue weighted by atomic mass is 9.86. The van der Waals surface area contributed by atoms with Gasteiger partial charge in [-0.25, -0.2) is 4.39 Å². The maximum atomic E-state index is 12.9. The Bertz CT molecular complexity index is 538. The number of nitrogens with zero attached hydrogens (tertiary/aromatic N) is 1. The van der Waals surface area contributed by atoms with Crippen molar-refractivity contribution in [1.82, 2.24) is 4.98 Å². The van der Waals surface area contributed by atoms with E-state index in [9.17, 15) is 4.39 Å². The van der Waals surface area contributed by atoms with Crippen LogP contribution in [0.4, 0.5) is 4.39 Å². The van der Waals surface area contributed by atoms with Crippen LogP contribution in [0.2, 0.25) is 0 Å². The molecule has 0 saturated carbocycles. The average molecular weight is 246 g/mol. The second-order valence-corrected chi connectivity index (χ2v) is 4.32. The Morgan fingerprint density at radius 1 is 1.17 bits per heavy atom. The summed E-state index contributed by atoms with van der Waals surface area (Å²) in [6.07, 6.45) is 3.30. The van der Waals surface area contributed by atoms with Crippen molar-refractivity contribution in [1.29, 1.82) is 0 Å². The number of hydrogen-bond donors (Lipinski definition) is 1. The first-order valence-corrected chi connectivity index (χ1v) is 5.58. The molecule has 1 heterocycles. The van der Waals surface area contributed by atoms with Crippen LogP contribution in [-0.4, -0.2) is 12.1 Å². The average Bonchev–Trinajstić information content (AvgIpc) is 2.39. The first-order valence-electron chi connectivity index (χ1n) is 5.58. The molecule has 2 N–H and O–H groups in total. The second-order valence-electron chi connectivity index (χ2n) is 4.32. The molecule has 0 amide bonds. The number of hydrogen-bond acceptors (Lipinski definition) is 3. The molecule has 2 rings (SSSR count). The topological polar surface area (TPSA) is 48.1 Å². The van der Waals surface area contributed by atoms with Gasteiger partial charge in [-0.3, -0.25) is 4.98 Å². The minimum Gasteiger partial charge on any atom is -0.495 e. The van der Waals surface area contributed by atoms with Gasteiger partial charge in [0.05, 0.1) is 18.8 Å². The quantitative estimate of drug-likeness (QED) is 0.905. The van der Waals surface area contributed by atoms with Crippen LogP contribution in [0.1, 0.15) is 18.1 Å². The van der Waals surface area contributed by atoms with Crippen LogP contribution < -0.4 is 10.5 Å². The Morgan fingerprint density at radius 2 is 1.83 bits per heavy atom. The number of rotatable bonds is 3. The van der Waals surface area contributed by atoms with Crippen LogP contribution in [0.25, 0.3) is 0 Å². The Morgan fingerprint density at radius 3 is 2.44 bits per heavy atom. The fraction of sp³-hybridized carbons (Fsp3) is 0.214. The highest BCUT2D eigenvalue weighted by molar-refractivity contribution is 5.38. The van der Waals surface area contributed by atoms with Crippen molar-refractivity contribution in [2.24, 2.45) is 5.73 Å². The molecule has 0 spiro atoms. The number of nitrogens with two attached hydrogens (primary N) is 1. The molecule has 1 aromatic carbocycles. The highest BCUT2D eigenvalue weighted by Gasteiger charge is 2.24. The van der Waals surface area contributed by atoms with Gasteiger partial charge in [0, 0.05) is 6.20 Å². The summed E-state index contributed by atoms with van der Waals surface area (Å²) in [6, 6.07) is 7.97. The molecule has 18 heavy (non-hydrogen) atoms. The number of methoxy groups -OCH3 is 1. The third kappa shape index (κ3) is 2.33. The molecule has 0 radical (unpaired) electrons. The van der Waals surface area contributed by atoms with Gasteiger partial charge in [0.15, 0.2) is 0 Å². The van der Waals surface area contributed by atoms with Gasteiger partial charge in [-0.05, 0) is 36.2 Å². The van der Waals surface area contributed by atoms with Gasteiger partial charge < -0.3 is 10.5 Å². The Kier molecular flexibility index (Phi) is 3.30. The third-order valence-corrected chi connectivity index (χ3v) is 2.99. The van der Waals surface area contributed by atoms with Gasteiger partial charge in [-0.2, -0.15) is 0 Å². The summed E-state index contributed by atoms with van der Waals surface area (Å²) < 4.78 is 18.0. The third-order valence-electron chi connectivity index (χ3n) is 2.99. The number of pyridine rings is 1. The predicted molar refractivity (Wildman–Crippen MR) is 67.8 cm³/mol. The fourth-order valence-electron chi connectivity index (χ4n) is 1.78. The highest BCUT2D eigenvalue weighted by atomic mass is 19.1. The van der Waals surface area contributed by atoms with E-state index in [0.717, 1.165) is 11.1 Å². The first kappa shape index (κ1) is 12.5. The van der Waals surface area contributed by atoms with Crippen molar-refractivity contribution < 1.29 is 9.13 Å². The molecule has 0 saturated heterocycles. The van der Waals surface area contributed by atoms with Gasteiger partial charge >= 0.3 is 0 Å². The van der Waals surface area contributed by atoms with Crippen LogP contribution in [0.5, 0.6) is 5.75 Å².